The summed E-state index contributed by atoms with van der Waals surface area (Å²) in [5.41, 5.74) is 4.52. The van der Waals surface area contributed by atoms with Gasteiger partial charge in [-0.15, -0.1) is 0 Å². The number of fused-ring (bicyclic) bond motifs is 1. The molecule has 3 rings (SSSR count). The van der Waals surface area contributed by atoms with Gasteiger partial charge in [0.05, 0.1) is 15.6 Å². The predicted molar refractivity (Wildman–Crippen MR) is 88.0 cm³/mol. The molecule has 0 fully saturated rings. The number of anilines is 1. The first kappa shape index (κ1) is 14.8. The lowest BCUT2D eigenvalue weighted by Gasteiger charge is -2.11. The molecule has 7 heteroatoms. The van der Waals surface area contributed by atoms with Crippen LogP contribution in [0.4, 0.5) is 5.82 Å². The Hall–Kier alpha value is -2.11. The molecule has 2 heterocycles. The summed E-state index contributed by atoms with van der Waals surface area (Å²) in [4.78, 5) is 4.38. The first-order chi connectivity index (χ1) is 10.4. The van der Waals surface area contributed by atoms with Crippen LogP contribution in [0.3, 0.4) is 0 Å². The van der Waals surface area contributed by atoms with Crippen molar-refractivity contribution in [1.29, 1.82) is 0 Å². The SMILES string of the molecule is Cc1c(C)c(O)n(Nc2cc(Cl)c3cccc(Cl)c3n2)c1O. The molecule has 1 aromatic carbocycles. The maximum absolute atomic E-state index is 10.1. The summed E-state index contributed by atoms with van der Waals surface area (Å²) in [7, 11) is 0. The molecule has 0 aliphatic heterocycles. The Morgan fingerprint density at radius 1 is 1.05 bits per heavy atom. The van der Waals surface area contributed by atoms with Gasteiger partial charge in [0.1, 0.15) is 5.82 Å². The van der Waals surface area contributed by atoms with Crippen LogP contribution in [-0.2, 0) is 0 Å². The average Bonchev–Trinajstić information content (AvgIpc) is 2.66. The van der Waals surface area contributed by atoms with Gasteiger partial charge in [0, 0.05) is 22.6 Å². The van der Waals surface area contributed by atoms with Gasteiger partial charge in [-0.05, 0) is 19.9 Å². The van der Waals surface area contributed by atoms with Crippen LogP contribution in [0.15, 0.2) is 24.3 Å². The van der Waals surface area contributed by atoms with E-state index in [1.807, 2.05) is 6.07 Å². The summed E-state index contributed by atoms with van der Waals surface area (Å²) >= 11 is 12.4. The maximum atomic E-state index is 10.1. The van der Waals surface area contributed by atoms with Crippen molar-refractivity contribution in [2.75, 3.05) is 5.43 Å². The molecule has 0 saturated carbocycles. The Balaban J connectivity index is 2.13. The molecule has 0 radical (unpaired) electrons. The smallest absolute Gasteiger partial charge is 0.216 e. The van der Waals surface area contributed by atoms with E-state index in [4.69, 9.17) is 23.2 Å². The molecule has 3 aromatic rings. The van der Waals surface area contributed by atoms with Crippen LogP contribution in [0.2, 0.25) is 10.0 Å². The highest BCUT2D eigenvalue weighted by atomic mass is 35.5. The molecule has 0 saturated heterocycles. The fraction of sp³-hybridized carbons (Fsp3) is 0.133. The van der Waals surface area contributed by atoms with E-state index in [2.05, 4.69) is 10.4 Å². The average molecular weight is 338 g/mol. The minimum absolute atomic E-state index is 0.0906. The quantitative estimate of drug-likeness (QED) is 0.653. The highest BCUT2D eigenvalue weighted by Gasteiger charge is 2.17. The number of halogens is 2. The van der Waals surface area contributed by atoms with Gasteiger partial charge in [-0.2, -0.15) is 4.68 Å². The van der Waals surface area contributed by atoms with E-state index in [9.17, 15) is 10.2 Å². The number of hydrogen-bond acceptors (Lipinski definition) is 4. The van der Waals surface area contributed by atoms with E-state index in [-0.39, 0.29) is 11.8 Å². The van der Waals surface area contributed by atoms with Crippen molar-refractivity contribution >= 4 is 39.9 Å². The van der Waals surface area contributed by atoms with E-state index in [0.717, 1.165) is 10.1 Å². The fourth-order valence-electron chi connectivity index (χ4n) is 2.22. The van der Waals surface area contributed by atoms with Crippen LogP contribution in [0.1, 0.15) is 11.1 Å². The van der Waals surface area contributed by atoms with Crippen LogP contribution >= 0.6 is 23.2 Å². The topological polar surface area (TPSA) is 70.3 Å². The lowest BCUT2D eigenvalue weighted by molar-refractivity contribution is 0.390. The fourth-order valence-corrected chi connectivity index (χ4v) is 2.69. The number of nitrogens with zero attached hydrogens (tertiary/aromatic N) is 2. The molecule has 22 heavy (non-hydrogen) atoms. The second kappa shape index (κ2) is 5.26. The second-order valence-corrected chi connectivity index (χ2v) is 5.78. The summed E-state index contributed by atoms with van der Waals surface area (Å²) in [6, 6.07) is 6.93. The summed E-state index contributed by atoms with van der Waals surface area (Å²) in [6.07, 6.45) is 0. The Bertz CT molecular complexity index is 865. The van der Waals surface area contributed by atoms with Crippen LogP contribution in [-0.4, -0.2) is 19.9 Å². The lowest BCUT2D eigenvalue weighted by Crippen LogP contribution is -2.09. The Kier molecular flexibility index (Phi) is 3.54. The first-order valence-corrected chi connectivity index (χ1v) is 7.27. The molecule has 0 aliphatic rings. The van der Waals surface area contributed by atoms with Gasteiger partial charge in [0.15, 0.2) is 0 Å². The van der Waals surface area contributed by atoms with Gasteiger partial charge in [-0.3, -0.25) is 5.43 Å². The van der Waals surface area contributed by atoms with E-state index >= 15 is 0 Å². The molecule has 0 aliphatic carbocycles. The van der Waals surface area contributed by atoms with Crippen LogP contribution in [0, 0.1) is 13.8 Å². The molecule has 0 bridgehead atoms. The van der Waals surface area contributed by atoms with Gasteiger partial charge in [0.25, 0.3) is 0 Å². The number of benzene rings is 1. The maximum Gasteiger partial charge on any atom is 0.216 e. The standard InChI is InChI=1S/C15H13Cl2N3O2/c1-7-8(2)15(22)20(14(7)21)19-12-6-11(17)9-4-3-5-10(16)13(9)18-12/h3-6,21-22H,1-2H3,(H,18,19). The zero-order chi connectivity index (χ0) is 16.0. The predicted octanol–water partition coefficient (Wildman–Crippen LogP) is 4.25. The van der Waals surface area contributed by atoms with Crippen molar-refractivity contribution in [3.63, 3.8) is 0 Å². The van der Waals surface area contributed by atoms with E-state index in [1.165, 1.54) is 0 Å². The third kappa shape index (κ3) is 2.23. The number of para-hydroxylation sites is 1. The zero-order valence-electron chi connectivity index (χ0n) is 11.9. The molecule has 3 N–H and O–H groups in total. The number of nitrogens with one attached hydrogen (secondary N) is 1. The van der Waals surface area contributed by atoms with Gasteiger partial charge in [-0.1, -0.05) is 35.3 Å². The monoisotopic (exact) mass is 337 g/mol. The highest BCUT2D eigenvalue weighted by Crippen LogP contribution is 2.33. The van der Waals surface area contributed by atoms with E-state index < -0.39 is 0 Å². The first-order valence-electron chi connectivity index (χ1n) is 6.51. The lowest BCUT2D eigenvalue weighted by atomic mass is 10.2. The van der Waals surface area contributed by atoms with Crippen molar-refractivity contribution in [3.05, 3.63) is 45.4 Å². The van der Waals surface area contributed by atoms with Crippen molar-refractivity contribution in [3.8, 4) is 11.8 Å². The van der Waals surface area contributed by atoms with Gasteiger partial charge in [0.2, 0.25) is 11.8 Å². The molecule has 5 nitrogen and oxygen atoms in total. The molecule has 0 atom stereocenters. The normalized spacial score (nSPS) is 11.1. The third-order valence-corrected chi connectivity index (χ3v) is 4.24. The Morgan fingerprint density at radius 3 is 2.32 bits per heavy atom. The van der Waals surface area contributed by atoms with Crippen molar-refractivity contribution in [1.82, 2.24) is 9.66 Å². The highest BCUT2D eigenvalue weighted by molar-refractivity contribution is 6.39. The molecule has 0 amide bonds. The van der Waals surface area contributed by atoms with Crippen LogP contribution in [0.25, 0.3) is 10.9 Å². The van der Waals surface area contributed by atoms with Gasteiger partial charge < -0.3 is 10.2 Å². The number of aromatic nitrogens is 2. The van der Waals surface area contributed by atoms with Crippen molar-refractivity contribution in [2.45, 2.75) is 13.8 Å². The number of rotatable bonds is 2. The van der Waals surface area contributed by atoms with E-state index in [1.54, 1.807) is 32.0 Å². The zero-order valence-corrected chi connectivity index (χ0v) is 13.4. The van der Waals surface area contributed by atoms with Crippen molar-refractivity contribution < 1.29 is 10.2 Å². The summed E-state index contributed by atoms with van der Waals surface area (Å²) in [6.45, 7) is 3.42. The molecular formula is C15H13Cl2N3O2. The van der Waals surface area contributed by atoms with Crippen LogP contribution in [0.5, 0.6) is 11.8 Å². The summed E-state index contributed by atoms with van der Waals surface area (Å²) < 4.78 is 1.14. The van der Waals surface area contributed by atoms with E-state index in [0.29, 0.717) is 32.5 Å². The van der Waals surface area contributed by atoms with Gasteiger partial charge >= 0.3 is 0 Å². The second-order valence-electron chi connectivity index (χ2n) is 4.97. The minimum Gasteiger partial charge on any atom is -0.493 e. The third-order valence-electron chi connectivity index (χ3n) is 3.62. The Morgan fingerprint density at radius 2 is 1.68 bits per heavy atom. The molecule has 2 aromatic heterocycles. The minimum atomic E-state index is -0.0906. The summed E-state index contributed by atoms with van der Waals surface area (Å²) in [5.74, 6) is 0.172. The van der Waals surface area contributed by atoms with Crippen molar-refractivity contribution in [2.24, 2.45) is 0 Å². The number of pyridine rings is 1. The number of aromatic hydroxyl groups is 2. The molecule has 0 unspecified atom stereocenters. The molecular weight excluding hydrogens is 325 g/mol. The molecule has 0 spiro atoms. The van der Waals surface area contributed by atoms with Crippen LogP contribution < -0.4 is 5.43 Å². The number of hydrogen-bond donors (Lipinski definition) is 3. The summed E-state index contributed by atoms with van der Waals surface area (Å²) in [5, 5.41) is 21.8. The van der Waals surface area contributed by atoms with Gasteiger partial charge in [-0.25, -0.2) is 4.98 Å². The Labute approximate surface area is 136 Å². The largest absolute Gasteiger partial charge is 0.493 e. The molecule has 114 valence electrons.